The van der Waals surface area contributed by atoms with Gasteiger partial charge in [0.2, 0.25) is 29.7 Å². The Hall–Kier alpha value is -4.19. The lowest BCUT2D eigenvalue weighted by molar-refractivity contribution is -0.115. The van der Waals surface area contributed by atoms with Gasteiger partial charge in [-0.05, 0) is 48.5 Å². The Balaban J connectivity index is 1.79. The molecule has 1 aromatic heterocycles. The highest BCUT2D eigenvalue weighted by molar-refractivity contribution is 7.32. The maximum atomic E-state index is 11.2. The van der Waals surface area contributed by atoms with Gasteiger partial charge in [-0.15, -0.1) is 4.89 Å². The van der Waals surface area contributed by atoms with Gasteiger partial charge >= 0.3 is 8.25 Å². The number of nitrogens with one attached hydrogen (secondary N) is 5. The Morgan fingerprint density at radius 1 is 0.765 bits per heavy atom. The van der Waals surface area contributed by atoms with E-state index in [0.717, 1.165) is 0 Å². The van der Waals surface area contributed by atoms with Gasteiger partial charge in [-0.25, -0.2) is 0 Å². The molecule has 0 fully saturated rings. The van der Waals surface area contributed by atoms with E-state index in [1.54, 1.807) is 48.5 Å². The van der Waals surface area contributed by atoms with E-state index >= 15 is 0 Å². The minimum Gasteiger partial charge on any atom is -0.327 e. The Kier molecular flexibility index (Phi) is 8.35. The van der Waals surface area contributed by atoms with Crippen LogP contribution in [-0.2, 0) is 18.7 Å². The smallest absolute Gasteiger partial charge is 0.327 e. The summed E-state index contributed by atoms with van der Waals surface area (Å²) in [6, 6.07) is 13.8. The number of hydrogen-bond acceptors (Lipinski definition) is 10. The van der Waals surface area contributed by atoms with E-state index in [1.165, 1.54) is 13.8 Å². The first kappa shape index (κ1) is 24.5. The van der Waals surface area contributed by atoms with Gasteiger partial charge in [0.25, 0.3) is 0 Å². The lowest BCUT2D eigenvalue weighted by Crippen LogP contribution is -2.11. The molecular weight excluding hydrogens is 463 g/mol. The highest BCUT2D eigenvalue weighted by Crippen LogP contribution is 2.22. The Morgan fingerprint density at radius 2 is 1.15 bits per heavy atom. The van der Waals surface area contributed by atoms with Gasteiger partial charge in [-0.3, -0.25) is 9.59 Å². The Morgan fingerprint density at radius 3 is 1.53 bits per heavy atom. The first-order valence-corrected chi connectivity index (χ1v) is 11.0. The van der Waals surface area contributed by atoms with Crippen LogP contribution in [0.3, 0.4) is 0 Å². The molecule has 34 heavy (non-hydrogen) atoms. The maximum Gasteiger partial charge on any atom is 0.696 e. The van der Waals surface area contributed by atoms with Gasteiger partial charge in [0.05, 0.1) is 0 Å². The van der Waals surface area contributed by atoms with Crippen LogP contribution in [0.1, 0.15) is 13.8 Å². The number of carbonyl (C=O) groups is 2. The monoisotopic (exact) mass is 485 g/mol. The van der Waals surface area contributed by atoms with Crippen LogP contribution in [0.5, 0.6) is 0 Å². The van der Waals surface area contributed by atoms with Crippen LogP contribution >= 0.6 is 8.25 Å². The maximum absolute atomic E-state index is 11.2. The highest BCUT2D eigenvalue weighted by Gasteiger charge is 2.13. The first-order valence-electron chi connectivity index (χ1n) is 9.85. The summed E-state index contributed by atoms with van der Waals surface area (Å²) < 4.78 is 15.3. The zero-order valence-electron chi connectivity index (χ0n) is 18.2. The number of hydrogen-bond donors (Lipinski definition) is 6. The van der Waals surface area contributed by atoms with Crippen LogP contribution in [0.15, 0.2) is 48.5 Å². The molecule has 0 saturated carbocycles. The van der Waals surface area contributed by atoms with Crippen LogP contribution in [0, 0.1) is 0 Å². The summed E-state index contributed by atoms with van der Waals surface area (Å²) in [5.41, 5.74) is 2.56. The van der Waals surface area contributed by atoms with Crippen molar-refractivity contribution in [1.29, 1.82) is 0 Å². The third-order valence-corrected chi connectivity index (χ3v) is 4.31. The van der Waals surface area contributed by atoms with Gasteiger partial charge in [0.15, 0.2) is 6.73 Å². The van der Waals surface area contributed by atoms with E-state index in [1.807, 2.05) is 0 Å². The predicted octanol–water partition coefficient (Wildman–Crippen LogP) is 3.31. The van der Waals surface area contributed by atoms with Crippen molar-refractivity contribution < 1.29 is 23.6 Å². The van der Waals surface area contributed by atoms with Crippen molar-refractivity contribution in [2.45, 2.75) is 13.8 Å². The van der Waals surface area contributed by atoms with Gasteiger partial charge in [-0.2, -0.15) is 15.0 Å². The standard InChI is InChI=1S/C20H21N8O5P/c1-12(29)22-14-3-7-16(8-4-14)24-19-26-18(21-11-33-34(31)32)27-20(28-19)25-17-9-5-15(6-10-17)23-13(2)30/h3-10H,11H2,1-2H3,(H5-,21,22,23,24,25,26,27,28,29,30,31,32)/p+1. The van der Waals surface area contributed by atoms with Crippen LogP contribution in [0.25, 0.3) is 0 Å². The number of rotatable bonds is 10. The van der Waals surface area contributed by atoms with Crippen LogP contribution in [0.2, 0.25) is 0 Å². The molecule has 0 saturated heterocycles. The molecule has 176 valence electrons. The third-order valence-electron chi connectivity index (χ3n) is 3.96. The summed E-state index contributed by atoms with van der Waals surface area (Å²) in [7, 11) is -2.79. The number of carbonyl (C=O) groups excluding carboxylic acids is 2. The largest absolute Gasteiger partial charge is 0.696 e. The fourth-order valence-electron chi connectivity index (χ4n) is 2.66. The second-order valence-electron chi connectivity index (χ2n) is 6.76. The number of amides is 2. The molecule has 1 heterocycles. The molecule has 0 aliphatic rings. The zero-order chi connectivity index (χ0) is 24.5. The zero-order valence-corrected chi connectivity index (χ0v) is 19.1. The third kappa shape index (κ3) is 8.06. The summed E-state index contributed by atoms with van der Waals surface area (Å²) in [4.78, 5) is 43.9. The molecule has 6 N–H and O–H groups in total. The summed E-state index contributed by atoms with van der Waals surface area (Å²) >= 11 is 0. The van der Waals surface area contributed by atoms with Gasteiger partial charge in [-0.1, -0.05) is 4.52 Å². The lowest BCUT2D eigenvalue weighted by atomic mass is 10.3. The van der Waals surface area contributed by atoms with E-state index in [-0.39, 0.29) is 36.4 Å². The lowest BCUT2D eigenvalue weighted by Gasteiger charge is -2.11. The van der Waals surface area contributed by atoms with Crippen molar-refractivity contribution in [3.05, 3.63) is 48.5 Å². The average Bonchev–Trinajstić information content (AvgIpc) is 2.75. The van der Waals surface area contributed by atoms with Crippen molar-refractivity contribution >= 4 is 60.7 Å². The molecule has 14 heteroatoms. The van der Waals surface area contributed by atoms with E-state index in [9.17, 15) is 14.2 Å². The molecule has 1 atom stereocenters. The van der Waals surface area contributed by atoms with Crippen molar-refractivity contribution in [2.24, 2.45) is 0 Å². The molecule has 1 unspecified atom stereocenters. The molecule has 0 spiro atoms. The molecule has 2 amide bonds. The number of benzene rings is 2. The van der Waals surface area contributed by atoms with Crippen molar-refractivity contribution in [3.63, 3.8) is 0 Å². The van der Waals surface area contributed by atoms with Crippen LogP contribution < -0.4 is 26.6 Å². The highest BCUT2D eigenvalue weighted by atomic mass is 31.1. The van der Waals surface area contributed by atoms with Crippen molar-refractivity contribution in [3.8, 4) is 0 Å². The van der Waals surface area contributed by atoms with E-state index in [4.69, 9.17) is 4.89 Å². The van der Waals surface area contributed by atoms with Gasteiger partial charge in [0.1, 0.15) is 0 Å². The van der Waals surface area contributed by atoms with E-state index in [2.05, 4.69) is 46.1 Å². The number of anilines is 7. The summed E-state index contributed by atoms with van der Waals surface area (Å²) in [5, 5.41) is 14.1. The minimum atomic E-state index is -2.79. The topological polar surface area (TPSA) is 179 Å². The molecule has 3 rings (SSSR count). The molecule has 2 aromatic carbocycles. The van der Waals surface area contributed by atoms with Crippen molar-refractivity contribution in [2.75, 3.05) is 33.3 Å². The molecule has 0 radical (unpaired) electrons. The molecule has 3 aromatic rings. The number of nitrogens with zero attached hydrogens (tertiary/aromatic N) is 3. The Bertz CT molecular complexity index is 1090. The first-order chi connectivity index (χ1) is 16.3. The molecule has 13 nitrogen and oxygen atoms in total. The average molecular weight is 485 g/mol. The summed E-state index contributed by atoms with van der Waals surface area (Å²) in [6.07, 6.45) is 0. The van der Waals surface area contributed by atoms with Crippen molar-refractivity contribution in [1.82, 2.24) is 15.0 Å². The molecule has 0 bridgehead atoms. The Labute approximate surface area is 195 Å². The van der Waals surface area contributed by atoms with Crippen LogP contribution in [-0.4, -0.2) is 38.4 Å². The SMILES string of the molecule is CC(=O)Nc1ccc(Nc2nc(NCO[P+](=O)O)nc(Nc3ccc(NC(C)=O)cc3)n2)cc1. The number of aromatic nitrogens is 3. The quantitative estimate of drug-likeness (QED) is 0.183. The van der Waals surface area contributed by atoms with E-state index in [0.29, 0.717) is 22.7 Å². The predicted molar refractivity (Wildman–Crippen MR) is 127 cm³/mol. The summed E-state index contributed by atoms with van der Waals surface area (Å²) in [5.74, 6) is 0.0794. The second-order valence-corrected chi connectivity index (χ2v) is 7.50. The van der Waals surface area contributed by atoms with Gasteiger partial charge < -0.3 is 26.6 Å². The summed E-state index contributed by atoms with van der Waals surface area (Å²) in [6.45, 7) is 2.54. The van der Waals surface area contributed by atoms with Gasteiger partial charge in [0, 0.05) is 41.2 Å². The van der Waals surface area contributed by atoms with Crippen LogP contribution in [0.4, 0.5) is 40.6 Å². The molecular formula is C20H22N8O5P+. The second kappa shape index (κ2) is 11.6. The molecule has 0 aliphatic carbocycles. The fraction of sp³-hybridized carbons (Fsp3) is 0.150. The van der Waals surface area contributed by atoms with E-state index < -0.39 is 8.25 Å². The minimum absolute atomic E-state index is 0.0848. The molecule has 0 aliphatic heterocycles. The normalized spacial score (nSPS) is 10.7. The fourth-order valence-corrected chi connectivity index (χ4v) is 2.83.